The molecular weight excluding hydrogens is 324 g/mol. The van der Waals surface area contributed by atoms with E-state index in [4.69, 9.17) is 6.42 Å². The van der Waals surface area contributed by atoms with Crippen LogP contribution in [0, 0.1) is 12.3 Å². The molecule has 1 amide bonds. The molecule has 2 aromatic rings. The molecule has 0 spiro atoms. The van der Waals surface area contributed by atoms with Crippen molar-refractivity contribution in [1.82, 2.24) is 15.5 Å². The van der Waals surface area contributed by atoms with Crippen molar-refractivity contribution in [3.8, 4) is 12.3 Å². The van der Waals surface area contributed by atoms with Gasteiger partial charge in [0.25, 0.3) is 0 Å². The maximum atomic E-state index is 11.4. The molecule has 2 heterocycles. The van der Waals surface area contributed by atoms with Crippen molar-refractivity contribution in [2.75, 3.05) is 24.2 Å². The van der Waals surface area contributed by atoms with Gasteiger partial charge >= 0.3 is 0 Å². The maximum Gasteiger partial charge on any atom is 0.231 e. The van der Waals surface area contributed by atoms with E-state index in [0.717, 1.165) is 22.4 Å². The Morgan fingerprint density at radius 3 is 3.14 bits per heavy atom. The second kappa shape index (κ2) is 8.67. The molecule has 2 rings (SSSR count). The van der Waals surface area contributed by atoms with Gasteiger partial charge in [-0.25, -0.2) is 0 Å². The van der Waals surface area contributed by atoms with E-state index in [1.165, 1.54) is 28.0 Å². The van der Waals surface area contributed by atoms with Crippen LogP contribution in [0.2, 0.25) is 0 Å². The Balaban J connectivity index is 1.69. The number of carbonyl (C=O) groups is 1. The van der Waals surface area contributed by atoms with Crippen molar-refractivity contribution in [3.63, 3.8) is 0 Å². The van der Waals surface area contributed by atoms with E-state index < -0.39 is 0 Å². The van der Waals surface area contributed by atoms with Gasteiger partial charge in [0.2, 0.25) is 11.0 Å². The van der Waals surface area contributed by atoms with Crippen molar-refractivity contribution in [1.29, 1.82) is 0 Å². The number of hydrogen-bond acceptors (Lipinski definition) is 7. The first kappa shape index (κ1) is 15.8. The van der Waals surface area contributed by atoms with Gasteiger partial charge in [-0.2, -0.15) is 0 Å². The highest BCUT2D eigenvalue weighted by Gasteiger charge is 2.07. The summed E-state index contributed by atoms with van der Waals surface area (Å²) in [5.41, 5.74) is 0. The van der Waals surface area contributed by atoms with Crippen LogP contribution in [-0.4, -0.2) is 34.9 Å². The van der Waals surface area contributed by atoms with Crippen molar-refractivity contribution in [2.24, 2.45) is 0 Å². The fraction of sp³-hybridized carbons (Fsp3) is 0.308. The molecule has 0 bridgehead atoms. The zero-order chi connectivity index (χ0) is 14.9. The molecule has 0 atom stereocenters. The quantitative estimate of drug-likeness (QED) is 0.570. The van der Waals surface area contributed by atoms with E-state index in [0.29, 0.717) is 5.75 Å². The highest BCUT2D eigenvalue weighted by atomic mass is 32.2. The highest BCUT2D eigenvalue weighted by molar-refractivity contribution is 8.01. The number of thioether (sulfide) groups is 1. The summed E-state index contributed by atoms with van der Waals surface area (Å²) < 4.78 is 0.768. The monoisotopic (exact) mass is 338 g/mol. The van der Waals surface area contributed by atoms with Crippen molar-refractivity contribution in [2.45, 2.75) is 10.8 Å². The fourth-order valence-electron chi connectivity index (χ4n) is 1.41. The van der Waals surface area contributed by atoms with Crippen molar-refractivity contribution >= 4 is 45.5 Å². The number of amides is 1. The molecular formula is C13H14N4OS3. The van der Waals surface area contributed by atoms with Crippen molar-refractivity contribution in [3.05, 3.63) is 22.4 Å². The Kier molecular flexibility index (Phi) is 6.53. The molecule has 0 saturated carbocycles. The first-order chi connectivity index (χ1) is 10.3. The van der Waals surface area contributed by atoms with Gasteiger partial charge in [0, 0.05) is 11.4 Å². The van der Waals surface area contributed by atoms with Crippen LogP contribution in [-0.2, 0) is 11.2 Å². The average molecular weight is 338 g/mol. The first-order valence-electron chi connectivity index (χ1n) is 6.20. The predicted octanol–water partition coefficient (Wildman–Crippen LogP) is 2.10. The third kappa shape index (κ3) is 5.75. The van der Waals surface area contributed by atoms with Crippen LogP contribution in [0.15, 0.2) is 21.9 Å². The number of nitrogens with one attached hydrogen (secondary N) is 2. The van der Waals surface area contributed by atoms with Crippen LogP contribution in [0.25, 0.3) is 0 Å². The van der Waals surface area contributed by atoms with Gasteiger partial charge in [0.05, 0.1) is 12.3 Å². The molecule has 8 heteroatoms. The van der Waals surface area contributed by atoms with Crippen LogP contribution in [0.4, 0.5) is 5.13 Å². The topological polar surface area (TPSA) is 66.9 Å². The zero-order valence-corrected chi connectivity index (χ0v) is 13.6. The van der Waals surface area contributed by atoms with E-state index in [1.807, 2.05) is 6.07 Å². The van der Waals surface area contributed by atoms with Gasteiger partial charge in [-0.3, -0.25) is 4.79 Å². The molecule has 21 heavy (non-hydrogen) atoms. The van der Waals surface area contributed by atoms with Crippen LogP contribution < -0.4 is 10.6 Å². The highest BCUT2D eigenvalue weighted by Crippen LogP contribution is 2.25. The number of thiophene rings is 1. The van der Waals surface area contributed by atoms with E-state index in [2.05, 4.69) is 38.2 Å². The van der Waals surface area contributed by atoms with Gasteiger partial charge in [0.1, 0.15) is 0 Å². The minimum Gasteiger partial charge on any atom is -0.360 e. The molecule has 2 N–H and O–H groups in total. The minimum absolute atomic E-state index is 0.0969. The van der Waals surface area contributed by atoms with Gasteiger partial charge in [0.15, 0.2) is 4.34 Å². The summed E-state index contributed by atoms with van der Waals surface area (Å²) in [5, 5.41) is 16.8. The molecule has 0 aliphatic rings. The number of nitrogens with zero attached hydrogens (tertiary/aromatic N) is 2. The van der Waals surface area contributed by atoms with E-state index in [-0.39, 0.29) is 12.5 Å². The Hall–Kier alpha value is -1.56. The summed E-state index contributed by atoms with van der Waals surface area (Å²) >= 11 is 4.55. The maximum absolute atomic E-state index is 11.4. The largest absolute Gasteiger partial charge is 0.360 e. The van der Waals surface area contributed by atoms with Gasteiger partial charge < -0.3 is 10.6 Å². The summed E-state index contributed by atoms with van der Waals surface area (Å²) in [5.74, 6) is 2.56. The second-order valence-electron chi connectivity index (χ2n) is 3.90. The lowest BCUT2D eigenvalue weighted by atomic mass is 10.3. The lowest BCUT2D eigenvalue weighted by Crippen LogP contribution is -2.25. The summed E-state index contributed by atoms with van der Waals surface area (Å²) in [6.07, 6.45) is 6.04. The van der Waals surface area contributed by atoms with Crippen LogP contribution in [0.5, 0.6) is 0 Å². The second-order valence-corrected chi connectivity index (χ2v) is 7.13. The number of terminal acetylenes is 1. The van der Waals surface area contributed by atoms with Crippen LogP contribution in [0.1, 0.15) is 4.88 Å². The zero-order valence-electron chi connectivity index (χ0n) is 11.2. The van der Waals surface area contributed by atoms with E-state index in [9.17, 15) is 4.79 Å². The lowest BCUT2D eigenvalue weighted by Gasteiger charge is -1.99. The average Bonchev–Trinajstić information content (AvgIpc) is 3.14. The Bertz CT molecular complexity index is 603. The molecule has 0 unspecified atom stereocenters. The predicted molar refractivity (Wildman–Crippen MR) is 89.0 cm³/mol. The summed E-state index contributed by atoms with van der Waals surface area (Å²) in [6, 6.07) is 4.16. The molecule has 0 aliphatic carbocycles. The summed E-state index contributed by atoms with van der Waals surface area (Å²) in [4.78, 5) is 12.7. The van der Waals surface area contributed by atoms with Crippen LogP contribution in [0.3, 0.4) is 0 Å². The summed E-state index contributed by atoms with van der Waals surface area (Å²) in [7, 11) is 0. The van der Waals surface area contributed by atoms with Gasteiger partial charge in [-0.05, 0) is 17.9 Å². The number of hydrogen-bond donors (Lipinski definition) is 2. The van der Waals surface area contributed by atoms with Gasteiger partial charge in [-0.15, -0.1) is 28.0 Å². The van der Waals surface area contributed by atoms with Crippen LogP contribution >= 0.6 is 34.4 Å². The van der Waals surface area contributed by atoms with E-state index >= 15 is 0 Å². The standard InChI is InChI=1S/C13H14N4OS3/c1-2-6-14-11(18)9-20-13-17-16-12(21-13)15-7-5-10-4-3-8-19-10/h1,3-4,8H,5-7,9H2,(H,14,18)(H,15,16). The normalized spacial score (nSPS) is 10.0. The minimum atomic E-state index is -0.0969. The molecule has 0 fully saturated rings. The Labute approximate surface area is 135 Å². The molecule has 2 aromatic heterocycles. The number of rotatable bonds is 8. The SMILES string of the molecule is C#CCNC(=O)CSc1nnc(NCCc2cccs2)s1. The molecule has 0 aliphatic heterocycles. The lowest BCUT2D eigenvalue weighted by molar-refractivity contribution is -0.118. The third-order valence-corrected chi connectivity index (χ3v) is 5.30. The first-order valence-corrected chi connectivity index (χ1v) is 8.89. The fourth-order valence-corrected chi connectivity index (χ4v) is 3.73. The van der Waals surface area contributed by atoms with Gasteiger partial charge in [-0.1, -0.05) is 35.1 Å². The smallest absolute Gasteiger partial charge is 0.231 e. The molecule has 0 radical (unpaired) electrons. The Morgan fingerprint density at radius 2 is 2.38 bits per heavy atom. The van der Waals surface area contributed by atoms with E-state index in [1.54, 1.807) is 11.3 Å². The third-order valence-electron chi connectivity index (χ3n) is 2.35. The number of aromatic nitrogens is 2. The number of carbonyl (C=O) groups excluding carboxylic acids is 1. The Morgan fingerprint density at radius 1 is 1.48 bits per heavy atom. The molecule has 5 nitrogen and oxygen atoms in total. The molecule has 0 saturated heterocycles. The molecule has 0 aromatic carbocycles. The van der Waals surface area contributed by atoms with Crippen molar-refractivity contribution < 1.29 is 4.79 Å². The number of anilines is 1. The molecule has 110 valence electrons. The summed E-state index contributed by atoms with van der Waals surface area (Å²) in [6.45, 7) is 1.08.